The van der Waals surface area contributed by atoms with Crippen LogP contribution in [0.3, 0.4) is 0 Å². The molecule has 2 heterocycles. The fourth-order valence-corrected chi connectivity index (χ4v) is 2.58. The van der Waals surface area contributed by atoms with Gasteiger partial charge in [0.25, 0.3) is 0 Å². The minimum atomic E-state index is 0.121. The summed E-state index contributed by atoms with van der Waals surface area (Å²) >= 11 is 0. The fraction of sp³-hybridized carbons (Fsp3) is 0.312. The first-order chi connectivity index (χ1) is 9.33. The van der Waals surface area contributed by atoms with Crippen molar-refractivity contribution in [1.29, 1.82) is 0 Å². The molecule has 0 saturated carbocycles. The smallest absolute Gasteiger partial charge is 0.122 e. The van der Waals surface area contributed by atoms with E-state index in [-0.39, 0.29) is 6.04 Å². The van der Waals surface area contributed by atoms with Gasteiger partial charge in [0, 0.05) is 24.4 Å². The Labute approximate surface area is 113 Å². The van der Waals surface area contributed by atoms with Crippen LogP contribution in [0.5, 0.6) is 5.75 Å². The van der Waals surface area contributed by atoms with Crippen LogP contribution in [0.1, 0.15) is 11.1 Å². The van der Waals surface area contributed by atoms with Gasteiger partial charge in [-0.15, -0.1) is 0 Å². The fourth-order valence-electron chi connectivity index (χ4n) is 2.58. The highest BCUT2D eigenvalue weighted by molar-refractivity contribution is 5.35. The van der Waals surface area contributed by atoms with E-state index in [0.717, 1.165) is 18.6 Å². The summed E-state index contributed by atoms with van der Waals surface area (Å²) in [6.07, 6.45) is 5.50. The highest BCUT2D eigenvalue weighted by Crippen LogP contribution is 2.28. The van der Waals surface area contributed by atoms with Crippen LogP contribution in [-0.4, -0.2) is 17.6 Å². The van der Waals surface area contributed by atoms with Gasteiger partial charge in [-0.05, 0) is 42.2 Å². The molecule has 2 atom stereocenters. The summed E-state index contributed by atoms with van der Waals surface area (Å²) in [5.41, 5.74) is 8.84. The van der Waals surface area contributed by atoms with Crippen LogP contribution in [0.15, 0.2) is 48.8 Å². The van der Waals surface area contributed by atoms with Gasteiger partial charge in [-0.1, -0.05) is 18.2 Å². The molecule has 3 heteroatoms. The Bertz CT molecular complexity index is 541. The molecule has 0 amide bonds. The molecule has 1 aromatic carbocycles. The number of benzene rings is 1. The Morgan fingerprint density at radius 2 is 2.00 bits per heavy atom. The molecule has 1 aliphatic heterocycles. The van der Waals surface area contributed by atoms with Crippen molar-refractivity contribution in [3.63, 3.8) is 0 Å². The number of pyridine rings is 1. The lowest BCUT2D eigenvalue weighted by molar-refractivity contribution is 0.199. The quantitative estimate of drug-likeness (QED) is 0.913. The molecular weight excluding hydrogens is 236 g/mol. The molecule has 1 aromatic heterocycles. The summed E-state index contributed by atoms with van der Waals surface area (Å²) < 4.78 is 5.80. The average Bonchev–Trinajstić information content (AvgIpc) is 2.48. The number of ether oxygens (including phenoxy) is 1. The van der Waals surface area contributed by atoms with Crippen molar-refractivity contribution >= 4 is 0 Å². The van der Waals surface area contributed by atoms with Crippen LogP contribution in [0.2, 0.25) is 0 Å². The molecule has 2 unspecified atom stereocenters. The summed E-state index contributed by atoms with van der Waals surface area (Å²) in [6.45, 7) is 0.712. The van der Waals surface area contributed by atoms with E-state index < -0.39 is 0 Å². The van der Waals surface area contributed by atoms with Crippen LogP contribution < -0.4 is 10.5 Å². The maximum absolute atomic E-state index is 6.34. The molecule has 98 valence electrons. The highest BCUT2D eigenvalue weighted by Gasteiger charge is 2.24. The molecule has 2 aromatic rings. The molecule has 19 heavy (non-hydrogen) atoms. The number of nitrogens with zero attached hydrogens (tertiary/aromatic N) is 1. The predicted octanol–water partition coefficient (Wildman–Crippen LogP) is 2.20. The molecule has 0 saturated heterocycles. The molecule has 2 N–H and O–H groups in total. The van der Waals surface area contributed by atoms with Crippen LogP contribution in [-0.2, 0) is 12.8 Å². The van der Waals surface area contributed by atoms with Gasteiger partial charge >= 0.3 is 0 Å². The molecule has 0 bridgehead atoms. The third-order valence-corrected chi connectivity index (χ3v) is 3.73. The van der Waals surface area contributed by atoms with Crippen molar-refractivity contribution in [3.8, 4) is 5.75 Å². The summed E-state index contributed by atoms with van der Waals surface area (Å²) in [7, 11) is 0. The van der Waals surface area contributed by atoms with Gasteiger partial charge < -0.3 is 10.5 Å². The summed E-state index contributed by atoms with van der Waals surface area (Å²) in [5, 5.41) is 0. The van der Waals surface area contributed by atoms with Crippen molar-refractivity contribution in [1.82, 2.24) is 4.98 Å². The Hall–Kier alpha value is -1.87. The van der Waals surface area contributed by atoms with E-state index in [1.54, 1.807) is 0 Å². The predicted molar refractivity (Wildman–Crippen MR) is 75.0 cm³/mol. The summed E-state index contributed by atoms with van der Waals surface area (Å²) in [5.74, 6) is 1.39. The van der Waals surface area contributed by atoms with E-state index in [1.165, 1.54) is 11.1 Å². The number of fused-ring (bicyclic) bond motifs is 1. The summed E-state index contributed by atoms with van der Waals surface area (Å²) in [4.78, 5) is 4.03. The molecule has 0 fully saturated rings. The summed E-state index contributed by atoms with van der Waals surface area (Å²) in [6, 6.07) is 12.4. The zero-order chi connectivity index (χ0) is 13.1. The average molecular weight is 254 g/mol. The van der Waals surface area contributed by atoms with Crippen molar-refractivity contribution in [3.05, 3.63) is 59.9 Å². The second-order valence-electron chi connectivity index (χ2n) is 5.11. The van der Waals surface area contributed by atoms with E-state index in [0.29, 0.717) is 12.5 Å². The number of aromatic nitrogens is 1. The van der Waals surface area contributed by atoms with Crippen molar-refractivity contribution in [2.75, 3.05) is 6.61 Å². The van der Waals surface area contributed by atoms with Gasteiger partial charge in [-0.2, -0.15) is 0 Å². The second-order valence-corrected chi connectivity index (χ2v) is 5.11. The number of nitrogens with two attached hydrogens (primary N) is 1. The normalized spacial score (nSPS) is 19.3. The zero-order valence-corrected chi connectivity index (χ0v) is 10.8. The van der Waals surface area contributed by atoms with E-state index in [9.17, 15) is 0 Å². The first-order valence-corrected chi connectivity index (χ1v) is 6.68. The lowest BCUT2D eigenvalue weighted by Crippen LogP contribution is -2.39. The molecule has 0 aliphatic carbocycles. The van der Waals surface area contributed by atoms with Crippen LogP contribution >= 0.6 is 0 Å². The number of para-hydroxylation sites is 1. The van der Waals surface area contributed by atoms with Crippen LogP contribution in [0.4, 0.5) is 0 Å². The van der Waals surface area contributed by atoms with Gasteiger partial charge in [0.05, 0.1) is 6.61 Å². The van der Waals surface area contributed by atoms with Gasteiger partial charge in [0.15, 0.2) is 0 Å². The molecule has 3 rings (SSSR count). The molecule has 3 nitrogen and oxygen atoms in total. The van der Waals surface area contributed by atoms with Gasteiger partial charge in [-0.25, -0.2) is 0 Å². The first-order valence-electron chi connectivity index (χ1n) is 6.68. The molecular formula is C16H18N2O. The van der Waals surface area contributed by atoms with Gasteiger partial charge in [-0.3, -0.25) is 4.98 Å². The minimum Gasteiger partial charge on any atom is -0.493 e. The van der Waals surface area contributed by atoms with Gasteiger partial charge in [0.2, 0.25) is 0 Å². The topological polar surface area (TPSA) is 48.1 Å². The van der Waals surface area contributed by atoms with Crippen LogP contribution in [0, 0.1) is 5.92 Å². The van der Waals surface area contributed by atoms with Crippen LogP contribution in [0.25, 0.3) is 0 Å². The maximum atomic E-state index is 6.34. The lowest BCUT2D eigenvalue weighted by atomic mass is 9.88. The SMILES string of the molecule is NC(Cc1ccncc1)C1COc2ccccc2C1. The van der Waals surface area contributed by atoms with E-state index >= 15 is 0 Å². The standard InChI is InChI=1S/C16H18N2O/c17-15(9-12-5-7-18-8-6-12)14-10-13-3-1-2-4-16(13)19-11-14/h1-8,14-15H,9-11,17H2. The van der Waals surface area contributed by atoms with Gasteiger partial charge in [0.1, 0.15) is 5.75 Å². The largest absolute Gasteiger partial charge is 0.493 e. The van der Waals surface area contributed by atoms with E-state index in [1.807, 2.05) is 36.7 Å². The van der Waals surface area contributed by atoms with Crippen molar-refractivity contribution < 1.29 is 4.74 Å². The Balaban J connectivity index is 1.68. The lowest BCUT2D eigenvalue weighted by Gasteiger charge is -2.29. The van der Waals surface area contributed by atoms with Crippen molar-refractivity contribution in [2.45, 2.75) is 18.9 Å². The third-order valence-electron chi connectivity index (χ3n) is 3.73. The van der Waals surface area contributed by atoms with E-state index in [4.69, 9.17) is 10.5 Å². The second kappa shape index (κ2) is 5.41. The number of hydrogen-bond donors (Lipinski definition) is 1. The van der Waals surface area contributed by atoms with E-state index in [2.05, 4.69) is 17.1 Å². The maximum Gasteiger partial charge on any atom is 0.122 e. The highest BCUT2D eigenvalue weighted by atomic mass is 16.5. The number of rotatable bonds is 3. The minimum absolute atomic E-state index is 0.121. The monoisotopic (exact) mass is 254 g/mol. The Morgan fingerprint density at radius 3 is 2.84 bits per heavy atom. The molecule has 1 aliphatic rings. The molecule has 0 spiro atoms. The zero-order valence-electron chi connectivity index (χ0n) is 10.8. The Morgan fingerprint density at radius 1 is 1.21 bits per heavy atom. The molecule has 0 radical (unpaired) electrons. The third kappa shape index (κ3) is 2.76. The first kappa shape index (κ1) is 12.2. The van der Waals surface area contributed by atoms with Crippen molar-refractivity contribution in [2.24, 2.45) is 11.7 Å². The Kier molecular flexibility index (Phi) is 3.47. The number of hydrogen-bond acceptors (Lipinski definition) is 3.